The number of piperidine rings is 1. The van der Waals surface area contributed by atoms with Crippen LogP contribution >= 0.6 is 0 Å². The third-order valence-electron chi connectivity index (χ3n) is 7.15. The molecule has 0 bridgehead atoms. The van der Waals surface area contributed by atoms with Gasteiger partial charge in [0.15, 0.2) is 0 Å². The van der Waals surface area contributed by atoms with Gasteiger partial charge in [-0.1, -0.05) is 46.8 Å². The van der Waals surface area contributed by atoms with Crippen molar-refractivity contribution < 1.29 is 31.5 Å². The number of carboxylic acid groups (broad SMARTS) is 1. The number of likely N-dealkylation sites (tertiary alicyclic amines) is 1. The number of rotatable bonds is 4. The van der Waals surface area contributed by atoms with Crippen molar-refractivity contribution in [3.05, 3.63) is 47.5 Å². The summed E-state index contributed by atoms with van der Waals surface area (Å²) in [4.78, 5) is 25.3. The zero-order chi connectivity index (χ0) is 28.2. The number of hydrogen-bond donors (Lipinski definition) is 3. The third-order valence-corrected chi connectivity index (χ3v) is 10.6. The van der Waals surface area contributed by atoms with Gasteiger partial charge in [-0.05, 0) is 54.0 Å². The lowest BCUT2D eigenvalue weighted by molar-refractivity contribution is 0.0515. The molecule has 2 heterocycles. The van der Waals surface area contributed by atoms with E-state index in [1.165, 1.54) is 29.2 Å². The summed E-state index contributed by atoms with van der Waals surface area (Å²) >= 11 is 0. The molecule has 0 saturated carbocycles. The molecule has 10 nitrogen and oxygen atoms in total. The SMILES string of the molecule is CC(C)c1cc2c(cc1S(=O)(=O)NC1CCN(C(=O)O)C(C(C)(C)C)C1)S(=O)(=O)c1ccccc1C(=O)N2. The summed E-state index contributed by atoms with van der Waals surface area (Å²) in [5, 5.41) is 12.3. The predicted octanol–water partition coefficient (Wildman–Crippen LogP) is 4.04. The van der Waals surface area contributed by atoms with Gasteiger partial charge in [0, 0.05) is 18.6 Å². The van der Waals surface area contributed by atoms with E-state index >= 15 is 0 Å². The zero-order valence-electron chi connectivity index (χ0n) is 22.0. The van der Waals surface area contributed by atoms with E-state index in [1.807, 2.05) is 20.8 Å². The van der Waals surface area contributed by atoms with Crippen molar-refractivity contribution in [2.24, 2.45) is 5.41 Å². The molecule has 1 fully saturated rings. The Morgan fingerprint density at radius 1 is 1.16 bits per heavy atom. The van der Waals surface area contributed by atoms with Crippen molar-refractivity contribution in [3.63, 3.8) is 0 Å². The quantitative estimate of drug-likeness (QED) is 0.508. The Labute approximate surface area is 223 Å². The summed E-state index contributed by atoms with van der Waals surface area (Å²) in [5.74, 6) is -0.905. The average Bonchev–Trinajstić information content (AvgIpc) is 2.90. The Hall–Kier alpha value is -2.96. The third kappa shape index (κ3) is 5.04. The van der Waals surface area contributed by atoms with E-state index in [-0.39, 0.29) is 51.2 Å². The van der Waals surface area contributed by atoms with E-state index in [9.17, 15) is 31.5 Å². The topological polar surface area (TPSA) is 150 Å². The first-order valence-corrected chi connectivity index (χ1v) is 15.4. The smallest absolute Gasteiger partial charge is 0.407 e. The molecule has 0 aromatic heterocycles. The maximum Gasteiger partial charge on any atom is 0.407 e. The number of benzene rings is 2. The first-order valence-electron chi connectivity index (χ1n) is 12.4. The van der Waals surface area contributed by atoms with Crippen molar-refractivity contribution in [2.45, 2.75) is 80.1 Å². The number of nitrogens with zero attached hydrogens (tertiary/aromatic N) is 1. The Kier molecular flexibility index (Phi) is 7.13. The molecular formula is C26H33N3O7S2. The predicted molar refractivity (Wildman–Crippen MR) is 142 cm³/mol. The number of sulfone groups is 1. The van der Waals surface area contributed by atoms with Crippen LogP contribution in [0.5, 0.6) is 0 Å². The maximum absolute atomic E-state index is 13.8. The molecule has 2 atom stereocenters. The van der Waals surface area contributed by atoms with Crippen molar-refractivity contribution in [1.29, 1.82) is 0 Å². The van der Waals surface area contributed by atoms with Crippen LogP contribution in [-0.2, 0) is 19.9 Å². The first kappa shape index (κ1) is 28.1. The Bertz CT molecular complexity index is 1510. The van der Waals surface area contributed by atoms with Crippen LogP contribution in [-0.4, -0.2) is 57.5 Å². The molecule has 12 heteroatoms. The number of carbonyl (C=O) groups is 2. The summed E-state index contributed by atoms with van der Waals surface area (Å²) in [5.41, 5.74) is -0.0600. The minimum absolute atomic E-state index is 0.0178. The lowest BCUT2D eigenvalue weighted by atomic mass is 9.79. The number of amides is 2. The second-order valence-corrected chi connectivity index (χ2v) is 14.8. The van der Waals surface area contributed by atoms with E-state index in [0.717, 1.165) is 6.07 Å². The summed E-state index contributed by atoms with van der Waals surface area (Å²) < 4.78 is 57.4. The van der Waals surface area contributed by atoms with E-state index in [2.05, 4.69) is 10.0 Å². The van der Waals surface area contributed by atoms with Gasteiger partial charge in [-0.3, -0.25) is 4.79 Å². The molecule has 0 aliphatic carbocycles. The van der Waals surface area contributed by atoms with Crippen molar-refractivity contribution in [1.82, 2.24) is 9.62 Å². The highest BCUT2D eigenvalue weighted by Crippen LogP contribution is 2.39. The summed E-state index contributed by atoms with van der Waals surface area (Å²) in [6, 6.07) is 7.38. The molecule has 2 amide bonds. The van der Waals surface area contributed by atoms with Crippen molar-refractivity contribution in [3.8, 4) is 0 Å². The zero-order valence-corrected chi connectivity index (χ0v) is 23.6. The minimum Gasteiger partial charge on any atom is -0.465 e. The molecular weight excluding hydrogens is 530 g/mol. The van der Waals surface area contributed by atoms with Gasteiger partial charge in [0.05, 0.1) is 25.9 Å². The molecule has 38 heavy (non-hydrogen) atoms. The number of fused-ring (bicyclic) bond motifs is 2. The van der Waals surface area contributed by atoms with Gasteiger partial charge in [-0.15, -0.1) is 0 Å². The summed E-state index contributed by atoms with van der Waals surface area (Å²) in [6.45, 7) is 9.45. The molecule has 0 radical (unpaired) electrons. The molecule has 1 saturated heterocycles. The van der Waals surface area contributed by atoms with E-state index < -0.39 is 49.4 Å². The summed E-state index contributed by atoms with van der Waals surface area (Å²) in [7, 11) is -8.44. The number of nitrogens with one attached hydrogen (secondary N) is 2. The largest absolute Gasteiger partial charge is 0.465 e. The molecule has 0 spiro atoms. The number of carbonyl (C=O) groups excluding carboxylic acids is 1. The van der Waals surface area contributed by atoms with Gasteiger partial charge in [0.25, 0.3) is 5.91 Å². The van der Waals surface area contributed by atoms with E-state index in [1.54, 1.807) is 19.9 Å². The highest BCUT2D eigenvalue weighted by Gasteiger charge is 2.41. The van der Waals surface area contributed by atoms with E-state index in [0.29, 0.717) is 5.56 Å². The van der Waals surface area contributed by atoms with Gasteiger partial charge in [0.2, 0.25) is 19.9 Å². The molecule has 2 aromatic carbocycles. The first-order chi connectivity index (χ1) is 17.5. The second kappa shape index (κ2) is 9.65. The minimum atomic E-state index is -4.22. The number of anilines is 1. The van der Waals surface area contributed by atoms with Crippen LogP contribution in [0.1, 0.15) is 69.3 Å². The van der Waals surface area contributed by atoms with Crippen molar-refractivity contribution in [2.75, 3.05) is 11.9 Å². The lowest BCUT2D eigenvalue weighted by Crippen LogP contribution is -2.56. The van der Waals surface area contributed by atoms with Gasteiger partial charge in [0.1, 0.15) is 0 Å². The Morgan fingerprint density at radius 3 is 2.42 bits per heavy atom. The molecule has 3 N–H and O–H groups in total. The van der Waals surface area contributed by atoms with Crippen LogP contribution in [0.3, 0.4) is 0 Å². The summed E-state index contributed by atoms with van der Waals surface area (Å²) in [6.07, 6.45) is -0.493. The van der Waals surface area contributed by atoms with Gasteiger partial charge >= 0.3 is 6.09 Å². The molecule has 2 aliphatic heterocycles. The lowest BCUT2D eigenvalue weighted by Gasteiger charge is -2.44. The molecule has 206 valence electrons. The fourth-order valence-electron chi connectivity index (χ4n) is 5.18. The van der Waals surface area contributed by atoms with E-state index in [4.69, 9.17) is 0 Å². The van der Waals surface area contributed by atoms with Gasteiger partial charge in [-0.25, -0.2) is 26.4 Å². The Morgan fingerprint density at radius 2 is 1.82 bits per heavy atom. The molecule has 4 rings (SSSR count). The number of sulfonamides is 1. The molecule has 2 aromatic rings. The van der Waals surface area contributed by atoms with Crippen molar-refractivity contribution >= 4 is 37.5 Å². The normalized spacial score (nSPS) is 21.3. The van der Waals surface area contributed by atoms with Crippen LogP contribution in [0, 0.1) is 5.41 Å². The van der Waals surface area contributed by atoms with Crippen LogP contribution < -0.4 is 10.0 Å². The standard InChI is InChI=1S/C26H33N3O7S2/c1-15(2)18-13-19-22(37(33,34)20-9-7-6-8-17(20)24(30)27-19)14-21(18)38(35,36)28-16-10-11-29(25(31)32)23(12-16)26(3,4)5/h6-9,13-16,23,28H,10-12H2,1-5H3,(H,27,30)(H,31,32). The van der Waals surface area contributed by atoms with Gasteiger partial charge < -0.3 is 15.3 Å². The average molecular weight is 564 g/mol. The van der Waals surface area contributed by atoms with Crippen LogP contribution in [0.15, 0.2) is 51.1 Å². The fraction of sp³-hybridized carbons (Fsp3) is 0.462. The molecule has 2 aliphatic rings. The second-order valence-electron chi connectivity index (χ2n) is 11.2. The fourth-order valence-corrected chi connectivity index (χ4v) is 8.53. The monoisotopic (exact) mass is 563 g/mol. The highest BCUT2D eigenvalue weighted by molar-refractivity contribution is 7.92. The highest BCUT2D eigenvalue weighted by atomic mass is 32.2. The van der Waals surface area contributed by atoms with Crippen LogP contribution in [0.2, 0.25) is 0 Å². The van der Waals surface area contributed by atoms with Gasteiger partial charge in [-0.2, -0.15) is 0 Å². The van der Waals surface area contributed by atoms with Crippen LogP contribution in [0.4, 0.5) is 10.5 Å². The Balaban J connectivity index is 1.78. The molecule has 2 unspecified atom stereocenters. The number of hydrogen-bond acceptors (Lipinski definition) is 6. The van der Waals surface area contributed by atoms with Crippen LogP contribution in [0.25, 0.3) is 0 Å². The maximum atomic E-state index is 13.8.